The van der Waals surface area contributed by atoms with Gasteiger partial charge >= 0.3 is 0 Å². The van der Waals surface area contributed by atoms with E-state index in [9.17, 15) is 4.79 Å². The summed E-state index contributed by atoms with van der Waals surface area (Å²) in [5, 5.41) is 15.3. The van der Waals surface area contributed by atoms with Crippen LogP contribution >= 0.6 is 11.6 Å². The van der Waals surface area contributed by atoms with Crippen molar-refractivity contribution in [1.29, 1.82) is 5.26 Å². The molecule has 0 atom stereocenters. The van der Waals surface area contributed by atoms with E-state index in [-0.39, 0.29) is 5.69 Å². The van der Waals surface area contributed by atoms with Crippen molar-refractivity contribution in [3.63, 3.8) is 0 Å². The van der Waals surface area contributed by atoms with Gasteiger partial charge < -0.3 is 10.6 Å². The topological polar surface area (TPSA) is 90.7 Å². The van der Waals surface area contributed by atoms with E-state index < -0.39 is 5.91 Å². The molecule has 0 spiro atoms. The Morgan fingerprint density at radius 1 is 1.04 bits per heavy atom. The Kier molecular flexibility index (Phi) is 4.88. The predicted molar refractivity (Wildman–Crippen MR) is 95.9 cm³/mol. The third-order valence-corrected chi connectivity index (χ3v) is 3.50. The molecule has 0 saturated heterocycles. The number of hydrogen-bond acceptors (Lipinski definition) is 5. The number of halogens is 1. The van der Waals surface area contributed by atoms with Crippen molar-refractivity contribution in [2.24, 2.45) is 0 Å². The maximum absolute atomic E-state index is 12.2. The number of nitrogens with one attached hydrogen (secondary N) is 2. The molecule has 7 heteroatoms. The van der Waals surface area contributed by atoms with Gasteiger partial charge in [0.05, 0.1) is 24.0 Å². The van der Waals surface area contributed by atoms with E-state index in [2.05, 4.69) is 20.6 Å². The number of benzene rings is 2. The molecule has 1 heterocycles. The summed E-state index contributed by atoms with van der Waals surface area (Å²) in [6, 6.07) is 15.8. The maximum Gasteiger partial charge on any atom is 0.275 e. The van der Waals surface area contributed by atoms with Crippen molar-refractivity contribution in [2.75, 3.05) is 10.6 Å². The monoisotopic (exact) mass is 349 g/mol. The van der Waals surface area contributed by atoms with Crippen molar-refractivity contribution in [1.82, 2.24) is 9.97 Å². The van der Waals surface area contributed by atoms with Crippen molar-refractivity contribution in [2.45, 2.75) is 0 Å². The van der Waals surface area contributed by atoms with Crippen LogP contribution in [0.4, 0.5) is 17.2 Å². The number of carbonyl (C=O) groups is 1. The molecule has 2 N–H and O–H groups in total. The number of aromatic nitrogens is 2. The van der Waals surface area contributed by atoms with E-state index in [0.29, 0.717) is 22.1 Å². The highest BCUT2D eigenvalue weighted by molar-refractivity contribution is 6.30. The fourth-order valence-electron chi connectivity index (χ4n) is 2.05. The van der Waals surface area contributed by atoms with E-state index in [4.69, 9.17) is 16.9 Å². The first kappa shape index (κ1) is 16.4. The SMILES string of the molecule is N#Cc1cccc(NC(=O)c2cnc(Nc3ccc(Cl)cc3)cn2)c1. The van der Waals surface area contributed by atoms with Crippen molar-refractivity contribution < 1.29 is 4.79 Å². The molecular weight excluding hydrogens is 338 g/mol. The largest absolute Gasteiger partial charge is 0.339 e. The summed E-state index contributed by atoms with van der Waals surface area (Å²) in [6.07, 6.45) is 2.84. The van der Waals surface area contributed by atoms with Gasteiger partial charge in [0.2, 0.25) is 0 Å². The zero-order valence-electron chi connectivity index (χ0n) is 12.9. The van der Waals surface area contributed by atoms with Gasteiger partial charge in [-0.05, 0) is 42.5 Å². The predicted octanol–water partition coefficient (Wildman–Crippen LogP) is 4.00. The van der Waals surface area contributed by atoms with Crippen LogP contribution in [-0.4, -0.2) is 15.9 Å². The van der Waals surface area contributed by atoms with Crippen LogP contribution in [0.5, 0.6) is 0 Å². The zero-order valence-corrected chi connectivity index (χ0v) is 13.7. The number of hydrogen-bond donors (Lipinski definition) is 2. The van der Waals surface area contributed by atoms with E-state index >= 15 is 0 Å². The van der Waals surface area contributed by atoms with Gasteiger partial charge in [-0.1, -0.05) is 17.7 Å². The number of rotatable bonds is 4. The molecule has 1 aromatic heterocycles. The Balaban J connectivity index is 1.68. The fraction of sp³-hybridized carbons (Fsp3) is 0. The van der Waals surface area contributed by atoms with Gasteiger partial charge in [-0.15, -0.1) is 0 Å². The third kappa shape index (κ3) is 4.31. The molecule has 25 heavy (non-hydrogen) atoms. The van der Waals surface area contributed by atoms with E-state index in [1.165, 1.54) is 12.4 Å². The Hall–Kier alpha value is -3.43. The summed E-state index contributed by atoms with van der Waals surface area (Å²) >= 11 is 5.84. The van der Waals surface area contributed by atoms with Crippen molar-refractivity contribution in [3.05, 3.63) is 77.2 Å². The Morgan fingerprint density at radius 3 is 2.52 bits per heavy atom. The zero-order chi connectivity index (χ0) is 17.6. The van der Waals surface area contributed by atoms with Gasteiger partial charge in [-0.25, -0.2) is 9.97 Å². The highest BCUT2D eigenvalue weighted by Crippen LogP contribution is 2.17. The minimum Gasteiger partial charge on any atom is -0.339 e. The lowest BCUT2D eigenvalue weighted by Crippen LogP contribution is -2.14. The quantitative estimate of drug-likeness (QED) is 0.743. The number of anilines is 3. The number of amides is 1. The molecule has 1 amide bonds. The van der Waals surface area contributed by atoms with E-state index in [0.717, 1.165) is 5.69 Å². The van der Waals surface area contributed by atoms with Crippen LogP contribution in [0, 0.1) is 11.3 Å². The van der Waals surface area contributed by atoms with Crippen molar-refractivity contribution in [3.8, 4) is 6.07 Å². The molecule has 0 aliphatic carbocycles. The van der Waals surface area contributed by atoms with E-state index in [1.54, 1.807) is 36.4 Å². The van der Waals surface area contributed by atoms with Crippen LogP contribution in [0.3, 0.4) is 0 Å². The summed E-state index contributed by atoms with van der Waals surface area (Å²) in [5.74, 6) is 0.103. The van der Waals surface area contributed by atoms with Gasteiger partial charge in [0.15, 0.2) is 0 Å². The first-order chi connectivity index (χ1) is 12.1. The minimum atomic E-state index is -0.402. The lowest BCUT2D eigenvalue weighted by atomic mass is 10.2. The number of nitriles is 1. The molecule has 2 aromatic carbocycles. The molecule has 0 aliphatic rings. The maximum atomic E-state index is 12.2. The molecule has 0 saturated carbocycles. The highest BCUT2D eigenvalue weighted by Gasteiger charge is 2.09. The van der Waals surface area contributed by atoms with Gasteiger partial charge in [0, 0.05) is 16.4 Å². The molecule has 0 bridgehead atoms. The second-order valence-electron chi connectivity index (χ2n) is 5.07. The Morgan fingerprint density at radius 2 is 1.84 bits per heavy atom. The van der Waals surface area contributed by atoms with Crippen LogP contribution < -0.4 is 10.6 Å². The molecule has 0 unspecified atom stereocenters. The second kappa shape index (κ2) is 7.43. The molecule has 0 aliphatic heterocycles. The average Bonchev–Trinajstić information content (AvgIpc) is 2.64. The van der Waals surface area contributed by atoms with Crippen LogP contribution in [0.15, 0.2) is 60.9 Å². The summed E-state index contributed by atoms with van der Waals surface area (Å²) in [5.41, 5.74) is 1.97. The molecule has 3 aromatic rings. The summed E-state index contributed by atoms with van der Waals surface area (Å²) in [4.78, 5) is 20.5. The van der Waals surface area contributed by atoms with E-state index in [1.807, 2.05) is 18.2 Å². The highest BCUT2D eigenvalue weighted by atomic mass is 35.5. The van der Waals surface area contributed by atoms with Crippen molar-refractivity contribution >= 4 is 34.7 Å². The lowest BCUT2D eigenvalue weighted by molar-refractivity contribution is 0.102. The number of nitrogens with zero attached hydrogens (tertiary/aromatic N) is 3. The Bertz CT molecular complexity index is 933. The van der Waals surface area contributed by atoms with Gasteiger partial charge in [-0.3, -0.25) is 4.79 Å². The first-order valence-corrected chi connectivity index (χ1v) is 7.68. The van der Waals surface area contributed by atoms with Crippen LogP contribution in [0.1, 0.15) is 16.1 Å². The van der Waals surface area contributed by atoms with Crippen LogP contribution in [-0.2, 0) is 0 Å². The summed E-state index contributed by atoms with van der Waals surface area (Å²) < 4.78 is 0. The lowest BCUT2D eigenvalue weighted by Gasteiger charge is -2.07. The molecule has 122 valence electrons. The number of carbonyl (C=O) groups excluding carboxylic acids is 1. The summed E-state index contributed by atoms with van der Waals surface area (Å²) in [6.45, 7) is 0. The van der Waals surface area contributed by atoms with Gasteiger partial charge in [0.25, 0.3) is 5.91 Å². The van der Waals surface area contributed by atoms with Crippen LogP contribution in [0.25, 0.3) is 0 Å². The molecular formula is C18H12ClN5O. The van der Waals surface area contributed by atoms with Gasteiger partial charge in [-0.2, -0.15) is 5.26 Å². The molecule has 3 rings (SSSR count). The normalized spacial score (nSPS) is 9.92. The summed E-state index contributed by atoms with van der Waals surface area (Å²) in [7, 11) is 0. The third-order valence-electron chi connectivity index (χ3n) is 3.25. The first-order valence-electron chi connectivity index (χ1n) is 7.30. The Labute approximate surface area is 149 Å². The van der Waals surface area contributed by atoms with Gasteiger partial charge in [0.1, 0.15) is 11.5 Å². The fourth-order valence-corrected chi connectivity index (χ4v) is 2.18. The molecule has 0 fully saturated rings. The second-order valence-corrected chi connectivity index (χ2v) is 5.50. The smallest absolute Gasteiger partial charge is 0.275 e. The molecule has 0 radical (unpaired) electrons. The van der Waals surface area contributed by atoms with Crippen LogP contribution in [0.2, 0.25) is 5.02 Å². The average molecular weight is 350 g/mol. The standard InChI is InChI=1S/C18H12ClN5O/c19-13-4-6-14(7-5-13)23-17-11-21-16(10-22-17)18(25)24-15-3-1-2-12(8-15)9-20/h1-8,10-11H,(H,22,23)(H,24,25). The molecule has 6 nitrogen and oxygen atoms in total. The minimum absolute atomic E-state index is 0.170.